The van der Waals surface area contributed by atoms with Crippen molar-refractivity contribution in [2.24, 2.45) is 5.92 Å². The van der Waals surface area contributed by atoms with Crippen LogP contribution < -0.4 is 15.0 Å². The number of fused-ring (bicyclic) bond motifs is 2. The molecule has 0 aliphatic carbocycles. The quantitative estimate of drug-likeness (QED) is 0.303. The number of anilines is 2. The Bertz CT molecular complexity index is 1600. The van der Waals surface area contributed by atoms with Crippen molar-refractivity contribution in [3.8, 4) is 5.75 Å². The summed E-state index contributed by atoms with van der Waals surface area (Å²) >= 11 is 0. The molecule has 0 aromatic heterocycles. The topological polar surface area (TPSA) is 119 Å². The van der Waals surface area contributed by atoms with E-state index >= 15 is 0 Å². The Morgan fingerprint density at radius 1 is 1.14 bits per heavy atom. The number of benzene rings is 3. The number of nitrogens with zero attached hydrogens (tertiary/aromatic N) is 2. The summed E-state index contributed by atoms with van der Waals surface area (Å²) in [4.78, 5) is 43.0. The normalized spacial score (nSPS) is 19.8. The van der Waals surface area contributed by atoms with E-state index in [1.165, 1.54) is 4.90 Å². The van der Waals surface area contributed by atoms with E-state index in [0.29, 0.717) is 41.2 Å². The van der Waals surface area contributed by atoms with Crippen LogP contribution in [0.25, 0.3) is 0 Å². The van der Waals surface area contributed by atoms with Gasteiger partial charge in [0, 0.05) is 42.2 Å². The summed E-state index contributed by atoms with van der Waals surface area (Å²) in [7, 11) is 1.55. The summed E-state index contributed by atoms with van der Waals surface area (Å²) < 4.78 is 5.16. The van der Waals surface area contributed by atoms with Gasteiger partial charge in [-0.1, -0.05) is 49.4 Å². The second kappa shape index (κ2) is 12.9. The lowest BCUT2D eigenvalue weighted by molar-refractivity contribution is -0.139. The molecule has 3 N–H and O–H groups in total. The van der Waals surface area contributed by atoms with Gasteiger partial charge in [-0.3, -0.25) is 14.4 Å². The predicted octanol–water partition coefficient (Wildman–Crippen LogP) is 4.20. The number of rotatable bonds is 10. The second-order valence-electron chi connectivity index (χ2n) is 11.1. The first-order valence-electron chi connectivity index (χ1n) is 14.6. The highest BCUT2D eigenvalue weighted by molar-refractivity contribution is 6.09. The standard InChI is InChI=1S/C35H37N3O6/c1-4-18-37-31-17-14-27(36-33(41)24-12-15-29(44-3)16-13-24)20-30(31)35(43,34(37)42)23(2)8-7-11-32(40)38-21-26-10-6-5-9-25(26)19-28(38)22-39/h4-10,12-17,20,23,28,39,43H,1,11,18-19,21-22H2,2-3H3,(H,36,41)/b8-7+/t23-,28+,35+/m1/s1. The van der Waals surface area contributed by atoms with E-state index < -0.39 is 17.4 Å². The highest BCUT2D eigenvalue weighted by Gasteiger charge is 2.52. The minimum Gasteiger partial charge on any atom is -0.497 e. The average molecular weight is 596 g/mol. The van der Waals surface area contributed by atoms with Crippen LogP contribution in [-0.2, 0) is 28.2 Å². The predicted molar refractivity (Wildman–Crippen MR) is 168 cm³/mol. The Kier molecular flexibility index (Phi) is 8.98. The Morgan fingerprint density at radius 3 is 2.55 bits per heavy atom. The van der Waals surface area contributed by atoms with E-state index in [2.05, 4.69) is 11.9 Å². The molecule has 9 heteroatoms. The lowest BCUT2D eigenvalue weighted by Crippen LogP contribution is -2.46. The van der Waals surface area contributed by atoms with Crippen LogP contribution in [0.3, 0.4) is 0 Å². The lowest BCUT2D eigenvalue weighted by atomic mass is 9.82. The van der Waals surface area contributed by atoms with Gasteiger partial charge in [-0.15, -0.1) is 6.58 Å². The minimum atomic E-state index is -1.93. The molecule has 0 fully saturated rings. The molecular formula is C35H37N3O6. The monoisotopic (exact) mass is 595 g/mol. The van der Waals surface area contributed by atoms with Gasteiger partial charge in [0.05, 0.1) is 25.4 Å². The number of hydrogen-bond acceptors (Lipinski definition) is 6. The molecular weight excluding hydrogens is 558 g/mol. The number of aliphatic hydroxyl groups is 2. The SMILES string of the molecule is C=CCN1C(=O)[C@](O)([C@H](C)/C=C/CC(=O)N2Cc3ccccc3C[C@H]2CO)c2cc(NC(=O)c3ccc(OC)cc3)ccc21. The molecule has 9 nitrogen and oxygen atoms in total. The number of aliphatic hydroxyl groups excluding tert-OH is 1. The molecule has 3 atom stereocenters. The van der Waals surface area contributed by atoms with Crippen molar-refractivity contribution in [3.63, 3.8) is 0 Å². The molecule has 228 valence electrons. The van der Waals surface area contributed by atoms with Gasteiger partial charge in [-0.25, -0.2) is 0 Å². The number of methoxy groups -OCH3 is 1. The molecule has 0 saturated carbocycles. The molecule has 5 rings (SSSR count). The van der Waals surface area contributed by atoms with E-state index in [1.54, 1.807) is 79.6 Å². The van der Waals surface area contributed by atoms with Crippen molar-refractivity contribution in [1.29, 1.82) is 0 Å². The van der Waals surface area contributed by atoms with Crippen LogP contribution in [0.4, 0.5) is 11.4 Å². The van der Waals surface area contributed by atoms with Gasteiger partial charge in [0.1, 0.15) is 5.75 Å². The van der Waals surface area contributed by atoms with Gasteiger partial charge in [0.2, 0.25) is 5.91 Å². The summed E-state index contributed by atoms with van der Waals surface area (Å²) in [6.45, 7) is 5.95. The van der Waals surface area contributed by atoms with Crippen LogP contribution >= 0.6 is 0 Å². The van der Waals surface area contributed by atoms with Gasteiger partial charge in [0.15, 0.2) is 5.60 Å². The maximum absolute atomic E-state index is 13.7. The van der Waals surface area contributed by atoms with E-state index in [0.717, 1.165) is 11.1 Å². The number of ether oxygens (including phenoxy) is 1. The number of carbonyl (C=O) groups excluding carboxylic acids is 3. The fraction of sp³-hybridized carbons (Fsp3) is 0.286. The van der Waals surface area contributed by atoms with Crippen LogP contribution in [0.1, 0.15) is 40.4 Å². The van der Waals surface area contributed by atoms with Crippen molar-refractivity contribution >= 4 is 29.1 Å². The molecule has 0 spiro atoms. The van der Waals surface area contributed by atoms with Gasteiger partial charge in [-0.05, 0) is 60.0 Å². The largest absolute Gasteiger partial charge is 0.497 e. The zero-order chi connectivity index (χ0) is 31.4. The fourth-order valence-electron chi connectivity index (χ4n) is 5.95. The maximum Gasteiger partial charge on any atom is 0.264 e. The van der Waals surface area contributed by atoms with Crippen LogP contribution in [0.15, 0.2) is 91.5 Å². The molecule has 0 saturated heterocycles. The van der Waals surface area contributed by atoms with E-state index in [4.69, 9.17) is 4.74 Å². The maximum atomic E-state index is 13.7. The highest BCUT2D eigenvalue weighted by atomic mass is 16.5. The summed E-state index contributed by atoms with van der Waals surface area (Å²) in [5.41, 5.74) is 1.97. The van der Waals surface area contributed by atoms with Gasteiger partial charge in [0.25, 0.3) is 11.8 Å². The minimum absolute atomic E-state index is 0.0501. The van der Waals surface area contributed by atoms with Crippen LogP contribution in [0, 0.1) is 5.92 Å². The van der Waals surface area contributed by atoms with Crippen molar-refractivity contribution < 1.29 is 29.3 Å². The molecule has 2 heterocycles. The third-order valence-electron chi connectivity index (χ3n) is 8.45. The Hall–Kier alpha value is -4.73. The summed E-state index contributed by atoms with van der Waals surface area (Å²) in [5.74, 6) is -1.09. The van der Waals surface area contributed by atoms with E-state index in [-0.39, 0.29) is 37.4 Å². The smallest absolute Gasteiger partial charge is 0.264 e. The molecule has 44 heavy (non-hydrogen) atoms. The Labute approximate surface area is 257 Å². The first-order valence-corrected chi connectivity index (χ1v) is 14.6. The zero-order valence-corrected chi connectivity index (χ0v) is 24.9. The van der Waals surface area contributed by atoms with Crippen LogP contribution in [0.5, 0.6) is 5.75 Å². The van der Waals surface area contributed by atoms with Crippen molar-refractivity contribution in [3.05, 3.63) is 114 Å². The molecule has 0 radical (unpaired) electrons. The third-order valence-corrected chi connectivity index (χ3v) is 8.45. The van der Waals surface area contributed by atoms with Gasteiger partial charge in [-0.2, -0.15) is 0 Å². The first kappa shape index (κ1) is 30.7. The van der Waals surface area contributed by atoms with Crippen molar-refractivity contribution in [1.82, 2.24) is 4.90 Å². The number of hydrogen-bond donors (Lipinski definition) is 3. The van der Waals surface area contributed by atoms with Gasteiger partial charge >= 0.3 is 0 Å². The molecule has 3 aromatic rings. The van der Waals surface area contributed by atoms with Gasteiger partial charge < -0.3 is 30.1 Å². The number of nitrogens with one attached hydrogen (secondary N) is 1. The average Bonchev–Trinajstić information content (AvgIpc) is 3.26. The van der Waals surface area contributed by atoms with Crippen LogP contribution in [0.2, 0.25) is 0 Å². The molecule has 0 unspecified atom stereocenters. The van der Waals surface area contributed by atoms with Crippen LogP contribution in [-0.4, -0.2) is 59.1 Å². The molecule has 0 bridgehead atoms. The third kappa shape index (κ3) is 5.76. The van der Waals surface area contributed by atoms with E-state index in [9.17, 15) is 24.6 Å². The zero-order valence-electron chi connectivity index (χ0n) is 24.9. The lowest BCUT2D eigenvalue weighted by Gasteiger charge is -2.36. The molecule has 2 aliphatic rings. The summed E-state index contributed by atoms with van der Waals surface area (Å²) in [6, 6.07) is 19.3. The summed E-state index contributed by atoms with van der Waals surface area (Å²) in [6.07, 6.45) is 5.55. The Balaban J connectivity index is 1.35. The van der Waals surface area contributed by atoms with E-state index in [1.807, 2.05) is 24.3 Å². The second-order valence-corrected chi connectivity index (χ2v) is 11.1. The highest BCUT2D eigenvalue weighted by Crippen LogP contribution is 2.46. The molecule has 2 aliphatic heterocycles. The molecule has 3 amide bonds. The first-order chi connectivity index (χ1) is 21.2. The molecule has 3 aromatic carbocycles. The fourth-order valence-corrected chi connectivity index (χ4v) is 5.95. The Morgan fingerprint density at radius 2 is 1.86 bits per heavy atom. The number of amides is 3. The van der Waals surface area contributed by atoms with Crippen molar-refractivity contribution in [2.45, 2.75) is 38.0 Å². The summed E-state index contributed by atoms with van der Waals surface area (Å²) in [5, 5.41) is 24.8. The van der Waals surface area contributed by atoms with Crippen molar-refractivity contribution in [2.75, 3.05) is 30.5 Å². The number of carbonyl (C=O) groups is 3.